The van der Waals surface area contributed by atoms with Gasteiger partial charge in [-0.2, -0.15) is 0 Å². The maximum atomic E-state index is 12.7. The molecule has 0 heterocycles. The topological polar surface area (TPSA) is 61.8 Å². The number of ether oxygens (including phenoxy) is 3. The van der Waals surface area contributed by atoms with Crippen LogP contribution in [0.15, 0.2) is 0 Å². The lowest BCUT2D eigenvalue weighted by molar-refractivity contribution is -0.163. The minimum absolute atomic E-state index is 0.0975. The van der Waals surface area contributed by atoms with E-state index in [2.05, 4.69) is 20.8 Å². The van der Waals surface area contributed by atoms with Gasteiger partial charge in [-0.05, 0) is 19.3 Å². The van der Waals surface area contributed by atoms with Crippen LogP contribution in [0.4, 0.5) is 0 Å². The Kier molecular flexibility index (Phi) is 47.3. The maximum absolute atomic E-state index is 12.7. The summed E-state index contributed by atoms with van der Waals surface area (Å²) in [5.74, 6) is -0.373. The molecule has 0 spiro atoms. The van der Waals surface area contributed by atoms with E-state index in [9.17, 15) is 9.59 Å². The van der Waals surface area contributed by atoms with Crippen LogP contribution < -0.4 is 0 Å². The van der Waals surface area contributed by atoms with E-state index in [0.29, 0.717) is 26.1 Å². The molecule has 0 aliphatic heterocycles. The van der Waals surface area contributed by atoms with Crippen LogP contribution in [0.3, 0.4) is 0 Å². The predicted octanol–water partition coefficient (Wildman–Crippen LogP) is 16.9. The monoisotopic (exact) mass is 793 g/mol. The average Bonchev–Trinajstić information content (AvgIpc) is 3.20. The van der Waals surface area contributed by atoms with E-state index in [1.165, 1.54) is 225 Å². The van der Waals surface area contributed by atoms with E-state index in [1.54, 1.807) is 0 Å². The van der Waals surface area contributed by atoms with Gasteiger partial charge in [-0.15, -0.1) is 0 Å². The molecule has 0 rings (SSSR count). The lowest BCUT2D eigenvalue weighted by atomic mass is 10.0. The summed E-state index contributed by atoms with van der Waals surface area (Å²) in [6.45, 7) is 7.89. The molecule has 334 valence electrons. The molecule has 5 heteroatoms. The Hall–Kier alpha value is -1.10. The third kappa shape index (κ3) is 45.6. The van der Waals surface area contributed by atoms with Gasteiger partial charge in [-0.3, -0.25) is 9.59 Å². The molecule has 56 heavy (non-hydrogen) atoms. The second-order valence-corrected chi connectivity index (χ2v) is 17.5. The number of carbonyl (C=O) groups excluding carboxylic acids is 2. The highest BCUT2D eigenvalue weighted by molar-refractivity contribution is 5.70. The fourth-order valence-electron chi connectivity index (χ4n) is 7.81. The third-order valence-electron chi connectivity index (χ3n) is 11.6. The predicted molar refractivity (Wildman–Crippen MR) is 243 cm³/mol. The largest absolute Gasteiger partial charge is 0.462 e. The molecule has 0 aromatic carbocycles. The first kappa shape index (κ1) is 54.9. The second kappa shape index (κ2) is 48.3. The summed E-state index contributed by atoms with van der Waals surface area (Å²) in [4.78, 5) is 25.3. The van der Waals surface area contributed by atoms with Gasteiger partial charge in [0.05, 0.1) is 6.61 Å². The first-order valence-electron chi connectivity index (χ1n) is 25.6. The molecule has 0 amide bonds. The van der Waals surface area contributed by atoms with Crippen molar-refractivity contribution in [1.29, 1.82) is 0 Å². The van der Waals surface area contributed by atoms with Crippen LogP contribution in [0.5, 0.6) is 0 Å². The Bertz CT molecular complexity index is 769. The van der Waals surface area contributed by atoms with Gasteiger partial charge < -0.3 is 14.2 Å². The van der Waals surface area contributed by atoms with Gasteiger partial charge in [0.15, 0.2) is 6.10 Å². The Morgan fingerprint density at radius 1 is 0.321 bits per heavy atom. The molecular formula is C51H100O5. The van der Waals surface area contributed by atoms with Crippen molar-refractivity contribution in [3.8, 4) is 0 Å². The zero-order valence-corrected chi connectivity index (χ0v) is 38.4. The van der Waals surface area contributed by atoms with Crippen molar-refractivity contribution in [3.63, 3.8) is 0 Å². The molecule has 0 aliphatic carbocycles. The normalized spacial score (nSPS) is 12.0. The summed E-state index contributed by atoms with van der Waals surface area (Å²) < 4.78 is 17.4. The highest BCUT2D eigenvalue weighted by Crippen LogP contribution is 2.16. The second-order valence-electron chi connectivity index (χ2n) is 17.5. The van der Waals surface area contributed by atoms with Crippen molar-refractivity contribution in [2.75, 3.05) is 19.8 Å². The van der Waals surface area contributed by atoms with Gasteiger partial charge in [0, 0.05) is 19.4 Å². The fraction of sp³-hybridized carbons (Fsp3) is 0.961. The van der Waals surface area contributed by atoms with E-state index in [-0.39, 0.29) is 18.5 Å². The zero-order valence-electron chi connectivity index (χ0n) is 38.4. The maximum Gasteiger partial charge on any atom is 0.306 e. The van der Waals surface area contributed by atoms with E-state index < -0.39 is 6.10 Å². The fourth-order valence-corrected chi connectivity index (χ4v) is 7.81. The number of esters is 2. The quantitative estimate of drug-likeness (QED) is 0.0454. The summed E-state index contributed by atoms with van der Waals surface area (Å²) in [5.41, 5.74) is 0. The lowest BCUT2D eigenvalue weighted by Gasteiger charge is -2.18. The minimum atomic E-state index is -0.521. The number of hydrogen-bond acceptors (Lipinski definition) is 5. The molecule has 0 saturated carbocycles. The van der Waals surface area contributed by atoms with Gasteiger partial charge in [0.25, 0.3) is 0 Å². The zero-order chi connectivity index (χ0) is 40.7. The van der Waals surface area contributed by atoms with Crippen molar-refractivity contribution in [3.05, 3.63) is 0 Å². The molecule has 0 saturated heterocycles. The molecule has 0 aromatic rings. The van der Waals surface area contributed by atoms with Gasteiger partial charge in [0.2, 0.25) is 0 Å². The van der Waals surface area contributed by atoms with Gasteiger partial charge in [0.1, 0.15) is 6.61 Å². The number of hydrogen-bond donors (Lipinski definition) is 0. The first-order valence-corrected chi connectivity index (χ1v) is 25.6. The Morgan fingerprint density at radius 3 is 0.911 bits per heavy atom. The molecule has 0 aliphatic rings. The van der Waals surface area contributed by atoms with Crippen LogP contribution in [0.2, 0.25) is 0 Å². The molecule has 0 bridgehead atoms. The molecule has 0 fully saturated rings. The van der Waals surface area contributed by atoms with Crippen molar-refractivity contribution >= 4 is 11.9 Å². The Labute approximate surface area is 351 Å². The minimum Gasteiger partial charge on any atom is -0.462 e. The van der Waals surface area contributed by atoms with Gasteiger partial charge >= 0.3 is 11.9 Å². The van der Waals surface area contributed by atoms with Crippen LogP contribution in [0.25, 0.3) is 0 Å². The summed E-state index contributed by atoms with van der Waals surface area (Å²) in [6, 6.07) is 0. The van der Waals surface area contributed by atoms with E-state index in [1.807, 2.05) is 0 Å². The standard InChI is InChI=1S/C51H100O5/c1-4-7-10-13-16-19-22-24-25-26-28-31-34-37-40-43-46-54-47-49(56-51(53)45-42-39-36-33-29-21-18-15-12-9-6-3)48-55-50(52)44-41-38-35-32-30-27-23-20-17-14-11-8-5-2/h49H,4-48H2,1-3H3. The van der Waals surface area contributed by atoms with E-state index in [0.717, 1.165) is 32.1 Å². The number of carbonyl (C=O) groups is 2. The third-order valence-corrected chi connectivity index (χ3v) is 11.6. The molecule has 1 unspecified atom stereocenters. The summed E-state index contributed by atoms with van der Waals surface area (Å²) in [7, 11) is 0. The highest BCUT2D eigenvalue weighted by atomic mass is 16.6. The molecule has 0 N–H and O–H groups in total. The van der Waals surface area contributed by atoms with Crippen LogP contribution in [0, 0.1) is 0 Å². The summed E-state index contributed by atoms with van der Waals surface area (Å²) in [6.07, 6.45) is 52.5. The SMILES string of the molecule is CCCCCCCCCCCCCCCCCCOCC(COC(=O)CCCCCCCCCCCCCCC)OC(=O)CCCCCCCCCCCCC. The van der Waals surface area contributed by atoms with Crippen molar-refractivity contribution < 1.29 is 23.8 Å². The van der Waals surface area contributed by atoms with Crippen molar-refractivity contribution in [2.24, 2.45) is 0 Å². The van der Waals surface area contributed by atoms with Crippen LogP contribution in [0.1, 0.15) is 290 Å². The summed E-state index contributed by atoms with van der Waals surface area (Å²) >= 11 is 0. The van der Waals surface area contributed by atoms with Crippen LogP contribution in [-0.2, 0) is 23.8 Å². The number of unbranched alkanes of at least 4 members (excludes halogenated alkanes) is 37. The van der Waals surface area contributed by atoms with Crippen LogP contribution >= 0.6 is 0 Å². The Balaban J connectivity index is 4.16. The van der Waals surface area contributed by atoms with Crippen LogP contribution in [-0.4, -0.2) is 37.9 Å². The highest BCUT2D eigenvalue weighted by Gasteiger charge is 2.17. The number of rotatable bonds is 48. The molecule has 1 atom stereocenters. The van der Waals surface area contributed by atoms with E-state index in [4.69, 9.17) is 14.2 Å². The average molecular weight is 793 g/mol. The molecule has 0 aromatic heterocycles. The summed E-state index contributed by atoms with van der Waals surface area (Å²) in [5, 5.41) is 0. The molecule has 5 nitrogen and oxygen atoms in total. The Morgan fingerprint density at radius 2 is 0.589 bits per heavy atom. The van der Waals surface area contributed by atoms with Crippen molar-refractivity contribution in [2.45, 2.75) is 297 Å². The van der Waals surface area contributed by atoms with Gasteiger partial charge in [-0.25, -0.2) is 0 Å². The van der Waals surface area contributed by atoms with E-state index >= 15 is 0 Å². The lowest BCUT2D eigenvalue weighted by Crippen LogP contribution is -2.30. The smallest absolute Gasteiger partial charge is 0.306 e. The first-order chi connectivity index (χ1) is 27.6. The molecule has 0 radical (unpaired) electrons. The van der Waals surface area contributed by atoms with Gasteiger partial charge in [-0.1, -0.05) is 258 Å². The van der Waals surface area contributed by atoms with Crippen molar-refractivity contribution in [1.82, 2.24) is 0 Å². The molecular weight excluding hydrogens is 693 g/mol.